The number of nitrogens with one attached hydrogen (secondary N) is 1. The summed E-state index contributed by atoms with van der Waals surface area (Å²) in [7, 11) is 0. The summed E-state index contributed by atoms with van der Waals surface area (Å²) in [5.74, 6) is 2.43. The van der Waals surface area contributed by atoms with Crippen molar-refractivity contribution in [3.63, 3.8) is 0 Å². The highest BCUT2D eigenvalue weighted by atomic mass is 15.2. The first kappa shape index (κ1) is 18.0. The van der Waals surface area contributed by atoms with Gasteiger partial charge in [0.05, 0.1) is 0 Å². The summed E-state index contributed by atoms with van der Waals surface area (Å²) in [5.41, 5.74) is 0. The zero-order chi connectivity index (χ0) is 15.1. The van der Waals surface area contributed by atoms with Gasteiger partial charge in [-0.15, -0.1) is 0 Å². The van der Waals surface area contributed by atoms with Crippen molar-refractivity contribution >= 4 is 0 Å². The standard InChI is InChI=1S/C18H38N2/c1-7-16(6)18-13-20(10-8-9-14(2)3)17(12-19-18)11-15(4)5/h14-19H,7-13H2,1-6H3. The van der Waals surface area contributed by atoms with Gasteiger partial charge in [-0.1, -0.05) is 48.0 Å². The molecule has 0 aromatic carbocycles. The van der Waals surface area contributed by atoms with Crippen LogP contribution in [0.3, 0.4) is 0 Å². The first-order valence-corrected chi connectivity index (χ1v) is 8.91. The fraction of sp³-hybridized carbons (Fsp3) is 1.00. The van der Waals surface area contributed by atoms with Crippen LogP contribution in [0.5, 0.6) is 0 Å². The predicted octanol–water partition coefficient (Wildman–Crippen LogP) is 4.16. The Kier molecular flexibility index (Phi) is 8.13. The van der Waals surface area contributed by atoms with E-state index in [1.807, 2.05) is 0 Å². The molecule has 0 aromatic rings. The van der Waals surface area contributed by atoms with Crippen LogP contribution < -0.4 is 5.32 Å². The molecule has 0 amide bonds. The summed E-state index contributed by atoms with van der Waals surface area (Å²) in [6.07, 6.45) is 5.35. The third-order valence-electron chi connectivity index (χ3n) is 4.86. The minimum absolute atomic E-state index is 0.697. The summed E-state index contributed by atoms with van der Waals surface area (Å²) in [4.78, 5) is 2.79. The summed E-state index contributed by atoms with van der Waals surface area (Å²) in [5, 5.41) is 3.81. The van der Waals surface area contributed by atoms with Gasteiger partial charge in [-0.2, -0.15) is 0 Å². The number of rotatable bonds is 8. The quantitative estimate of drug-likeness (QED) is 0.719. The number of piperazine rings is 1. The van der Waals surface area contributed by atoms with Crippen molar-refractivity contribution in [2.45, 2.75) is 79.3 Å². The molecule has 120 valence electrons. The molecule has 0 radical (unpaired) electrons. The topological polar surface area (TPSA) is 15.3 Å². The van der Waals surface area contributed by atoms with E-state index >= 15 is 0 Å². The van der Waals surface area contributed by atoms with Gasteiger partial charge in [0.2, 0.25) is 0 Å². The van der Waals surface area contributed by atoms with Gasteiger partial charge in [-0.3, -0.25) is 4.90 Å². The highest BCUT2D eigenvalue weighted by molar-refractivity contribution is 4.88. The molecule has 0 bridgehead atoms. The van der Waals surface area contributed by atoms with Crippen LogP contribution in [-0.2, 0) is 0 Å². The van der Waals surface area contributed by atoms with Crippen LogP contribution in [-0.4, -0.2) is 36.6 Å². The molecule has 2 heteroatoms. The summed E-state index contributed by atoms with van der Waals surface area (Å²) >= 11 is 0. The molecule has 0 aromatic heterocycles. The van der Waals surface area contributed by atoms with Crippen molar-refractivity contribution in [2.24, 2.45) is 17.8 Å². The van der Waals surface area contributed by atoms with Gasteiger partial charge < -0.3 is 5.32 Å². The van der Waals surface area contributed by atoms with E-state index in [-0.39, 0.29) is 0 Å². The molecule has 1 saturated heterocycles. The average Bonchev–Trinajstić information content (AvgIpc) is 2.38. The molecule has 1 N–H and O–H groups in total. The van der Waals surface area contributed by atoms with Gasteiger partial charge in [0.25, 0.3) is 0 Å². The first-order valence-electron chi connectivity index (χ1n) is 8.91. The Labute approximate surface area is 127 Å². The van der Waals surface area contributed by atoms with Gasteiger partial charge in [-0.25, -0.2) is 0 Å². The molecule has 0 spiro atoms. The highest BCUT2D eigenvalue weighted by Crippen LogP contribution is 2.20. The van der Waals surface area contributed by atoms with E-state index in [0.717, 1.165) is 23.8 Å². The zero-order valence-corrected chi connectivity index (χ0v) is 14.8. The predicted molar refractivity (Wildman–Crippen MR) is 90.1 cm³/mol. The maximum Gasteiger partial charge on any atom is 0.0223 e. The SMILES string of the molecule is CCC(C)C1CN(CCCC(C)C)C(CC(C)C)CN1. The van der Waals surface area contributed by atoms with Crippen LogP contribution >= 0.6 is 0 Å². The molecule has 1 aliphatic heterocycles. The normalized spacial score (nSPS) is 26.4. The zero-order valence-electron chi connectivity index (χ0n) is 14.8. The van der Waals surface area contributed by atoms with Crippen molar-refractivity contribution in [1.82, 2.24) is 10.2 Å². The maximum absolute atomic E-state index is 3.81. The Bertz CT molecular complexity index is 250. The summed E-state index contributed by atoms with van der Waals surface area (Å²) in [6, 6.07) is 1.45. The Morgan fingerprint density at radius 1 is 1.10 bits per heavy atom. The molecule has 1 aliphatic rings. The number of hydrogen-bond acceptors (Lipinski definition) is 2. The average molecular weight is 283 g/mol. The Balaban J connectivity index is 2.53. The van der Waals surface area contributed by atoms with Crippen LogP contribution in [0.4, 0.5) is 0 Å². The van der Waals surface area contributed by atoms with Gasteiger partial charge >= 0.3 is 0 Å². The molecular weight excluding hydrogens is 244 g/mol. The van der Waals surface area contributed by atoms with Crippen molar-refractivity contribution in [3.05, 3.63) is 0 Å². The van der Waals surface area contributed by atoms with E-state index in [1.165, 1.54) is 45.3 Å². The van der Waals surface area contributed by atoms with E-state index < -0.39 is 0 Å². The molecule has 3 unspecified atom stereocenters. The van der Waals surface area contributed by atoms with Gasteiger partial charge in [-0.05, 0) is 43.6 Å². The van der Waals surface area contributed by atoms with Gasteiger partial charge in [0.1, 0.15) is 0 Å². The lowest BCUT2D eigenvalue weighted by atomic mass is 9.92. The van der Waals surface area contributed by atoms with Crippen molar-refractivity contribution in [2.75, 3.05) is 19.6 Å². The second kappa shape index (κ2) is 9.04. The fourth-order valence-corrected chi connectivity index (χ4v) is 3.30. The lowest BCUT2D eigenvalue weighted by molar-refractivity contribution is 0.0930. The smallest absolute Gasteiger partial charge is 0.0223 e. The summed E-state index contributed by atoms with van der Waals surface area (Å²) in [6.45, 7) is 17.8. The molecule has 1 rings (SSSR count). The minimum atomic E-state index is 0.697. The Hall–Kier alpha value is -0.0800. The van der Waals surface area contributed by atoms with E-state index in [9.17, 15) is 0 Å². The molecule has 3 atom stereocenters. The van der Waals surface area contributed by atoms with Crippen LogP contribution in [0.15, 0.2) is 0 Å². The van der Waals surface area contributed by atoms with Gasteiger partial charge in [0.15, 0.2) is 0 Å². The second-order valence-corrected chi connectivity index (χ2v) is 7.71. The van der Waals surface area contributed by atoms with Crippen LogP contribution in [0.1, 0.15) is 67.2 Å². The van der Waals surface area contributed by atoms with Crippen molar-refractivity contribution < 1.29 is 0 Å². The van der Waals surface area contributed by atoms with Crippen molar-refractivity contribution in [3.8, 4) is 0 Å². The van der Waals surface area contributed by atoms with E-state index in [0.29, 0.717) is 6.04 Å². The largest absolute Gasteiger partial charge is 0.311 e. The van der Waals surface area contributed by atoms with E-state index in [2.05, 4.69) is 51.8 Å². The fourth-order valence-electron chi connectivity index (χ4n) is 3.30. The van der Waals surface area contributed by atoms with E-state index in [1.54, 1.807) is 0 Å². The van der Waals surface area contributed by atoms with E-state index in [4.69, 9.17) is 0 Å². The molecule has 20 heavy (non-hydrogen) atoms. The van der Waals surface area contributed by atoms with Crippen LogP contribution in [0.25, 0.3) is 0 Å². The van der Waals surface area contributed by atoms with Crippen molar-refractivity contribution in [1.29, 1.82) is 0 Å². The third kappa shape index (κ3) is 6.13. The molecule has 1 fully saturated rings. The lowest BCUT2D eigenvalue weighted by Gasteiger charge is -2.43. The summed E-state index contributed by atoms with van der Waals surface area (Å²) < 4.78 is 0. The van der Waals surface area contributed by atoms with Crippen LogP contribution in [0, 0.1) is 17.8 Å². The molecular formula is C18H38N2. The second-order valence-electron chi connectivity index (χ2n) is 7.71. The number of nitrogens with zero attached hydrogens (tertiary/aromatic N) is 1. The maximum atomic E-state index is 3.81. The first-order chi connectivity index (χ1) is 9.43. The Morgan fingerprint density at radius 3 is 2.35 bits per heavy atom. The molecule has 0 saturated carbocycles. The molecule has 1 heterocycles. The Morgan fingerprint density at radius 2 is 1.80 bits per heavy atom. The lowest BCUT2D eigenvalue weighted by Crippen LogP contribution is -2.58. The molecule has 0 aliphatic carbocycles. The van der Waals surface area contributed by atoms with Gasteiger partial charge in [0, 0.05) is 25.2 Å². The monoisotopic (exact) mass is 282 g/mol. The molecule has 2 nitrogen and oxygen atoms in total. The minimum Gasteiger partial charge on any atom is -0.311 e. The third-order valence-corrected chi connectivity index (χ3v) is 4.86. The number of hydrogen-bond donors (Lipinski definition) is 1. The highest BCUT2D eigenvalue weighted by Gasteiger charge is 2.29. The van der Waals surface area contributed by atoms with Crippen LogP contribution in [0.2, 0.25) is 0 Å².